The Balaban J connectivity index is 2.10. The number of rotatable bonds is 5. The molecule has 0 bridgehead atoms. The minimum atomic E-state index is -0.203. The predicted octanol–water partition coefficient (Wildman–Crippen LogP) is 3.40. The van der Waals surface area contributed by atoms with Crippen LogP contribution in [-0.4, -0.2) is 21.9 Å². The molecule has 110 valence electrons. The van der Waals surface area contributed by atoms with Crippen molar-refractivity contribution >= 4 is 29.1 Å². The second-order valence-electron chi connectivity index (χ2n) is 4.68. The first-order valence-corrected chi connectivity index (χ1v) is 7.12. The molecule has 6 heteroatoms. The maximum absolute atomic E-state index is 12.0. The second kappa shape index (κ2) is 7.04. The zero-order valence-corrected chi connectivity index (χ0v) is 12.7. The van der Waals surface area contributed by atoms with Gasteiger partial charge in [-0.2, -0.15) is 0 Å². The molecule has 0 spiro atoms. The van der Waals surface area contributed by atoms with E-state index in [9.17, 15) is 4.79 Å². The standard InChI is InChI=1S/C15H17ClN4O/c1-3-10(2)18-14(21)13-8-9-17-15(20-13)19-12-6-4-11(16)5-7-12/h4-10H,3H2,1-2H3,(H,18,21)(H,17,19,20). The first-order valence-electron chi connectivity index (χ1n) is 6.75. The van der Waals surface area contributed by atoms with Gasteiger partial charge in [0.15, 0.2) is 0 Å². The van der Waals surface area contributed by atoms with Crippen molar-refractivity contribution in [3.8, 4) is 0 Å². The molecule has 1 amide bonds. The molecule has 21 heavy (non-hydrogen) atoms. The van der Waals surface area contributed by atoms with E-state index in [0.29, 0.717) is 16.7 Å². The topological polar surface area (TPSA) is 66.9 Å². The minimum Gasteiger partial charge on any atom is -0.348 e. The summed E-state index contributed by atoms with van der Waals surface area (Å²) in [7, 11) is 0. The van der Waals surface area contributed by atoms with Gasteiger partial charge in [0.25, 0.3) is 5.91 Å². The highest BCUT2D eigenvalue weighted by atomic mass is 35.5. The number of halogens is 1. The largest absolute Gasteiger partial charge is 0.348 e. The smallest absolute Gasteiger partial charge is 0.270 e. The molecule has 1 heterocycles. The van der Waals surface area contributed by atoms with Gasteiger partial charge in [-0.15, -0.1) is 0 Å². The molecule has 1 aromatic carbocycles. The maximum atomic E-state index is 12.0. The summed E-state index contributed by atoms with van der Waals surface area (Å²) in [6.07, 6.45) is 2.42. The zero-order chi connectivity index (χ0) is 15.2. The van der Waals surface area contributed by atoms with Gasteiger partial charge in [-0.05, 0) is 43.7 Å². The lowest BCUT2D eigenvalue weighted by molar-refractivity contribution is 0.0934. The van der Waals surface area contributed by atoms with E-state index >= 15 is 0 Å². The summed E-state index contributed by atoms with van der Waals surface area (Å²) in [5.41, 5.74) is 1.14. The Morgan fingerprint density at radius 3 is 2.67 bits per heavy atom. The Kier molecular flexibility index (Phi) is 5.11. The highest BCUT2D eigenvalue weighted by Crippen LogP contribution is 2.16. The molecular formula is C15H17ClN4O. The van der Waals surface area contributed by atoms with Crippen LogP contribution in [0.4, 0.5) is 11.6 Å². The molecule has 5 nitrogen and oxygen atoms in total. The van der Waals surface area contributed by atoms with Crippen molar-refractivity contribution in [1.82, 2.24) is 15.3 Å². The maximum Gasteiger partial charge on any atom is 0.270 e. The molecule has 2 aromatic rings. The number of benzene rings is 1. The molecule has 1 unspecified atom stereocenters. The molecule has 0 aliphatic carbocycles. The van der Waals surface area contributed by atoms with Crippen LogP contribution in [0.25, 0.3) is 0 Å². The van der Waals surface area contributed by atoms with E-state index in [-0.39, 0.29) is 11.9 Å². The lowest BCUT2D eigenvalue weighted by Gasteiger charge is -2.11. The van der Waals surface area contributed by atoms with Crippen molar-refractivity contribution in [3.63, 3.8) is 0 Å². The molecule has 2 N–H and O–H groups in total. The van der Waals surface area contributed by atoms with Crippen molar-refractivity contribution in [1.29, 1.82) is 0 Å². The number of carbonyl (C=O) groups is 1. The highest BCUT2D eigenvalue weighted by molar-refractivity contribution is 6.30. The number of anilines is 2. The van der Waals surface area contributed by atoms with Crippen LogP contribution in [0.3, 0.4) is 0 Å². The average molecular weight is 305 g/mol. The van der Waals surface area contributed by atoms with E-state index in [1.807, 2.05) is 26.0 Å². The Morgan fingerprint density at radius 2 is 2.00 bits per heavy atom. The fraction of sp³-hybridized carbons (Fsp3) is 0.267. The van der Waals surface area contributed by atoms with Gasteiger partial charge in [0, 0.05) is 22.9 Å². The molecule has 0 fully saturated rings. The lowest BCUT2D eigenvalue weighted by Crippen LogP contribution is -2.32. The van der Waals surface area contributed by atoms with Crippen LogP contribution in [0.1, 0.15) is 30.8 Å². The summed E-state index contributed by atoms with van der Waals surface area (Å²) in [6, 6.07) is 8.87. The van der Waals surface area contributed by atoms with Gasteiger partial charge in [0.1, 0.15) is 5.69 Å². The van der Waals surface area contributed by atoms with Crippen molar-refractivity contribution < 1.29 is 4.79 Å². The molecule has 1 atom stereocenters. The molecule has 0 saturated heterocycles. The molecule has 1 aromatic heterocycles. The van der Waals surface area contributed by atoms with Crippen LogP contribution >= 0.6 is 11.6 Å². The quantitative estimate of drug-likeness (QED) is 0.888. The van der Waals surface area contributed by atoms with E-state index in [4.69, 9.17) is 11.6 Å². The van der Waals surface area contributed by atoms with E-state index in [0.717, 1.165) is 12.1 Å². The van der Waals surface area contributed by atoms with Gasteiger partial charge in [-0.3, -0.25) is 4.79 Å². The number of hydrogen-bond donors (Lipinski definition) is 2. The fourth-order valence-corrected chi connectivity index (χ4v) is 1.73. The van der Waals surface area contributed by atoms with Crippen LogP contribution in [0.2, 0.25) is 5.02 Å². The third kappa shape index (κ3) is 4.43. The van der Waals surface area contributed by atoms with Crippen molar-refractivity contribution in [2.45, 2.75) is 26.3 Å². The van der Waals surface area contributed by atoms with Crippen LogP contribution < -0.4 is 10.6 Å². The van der Waals surface area contributed by atoms with E-state index in [1.54, 1.807) is 24.4 Å². The normalized spacial score (nSPS) is 11.8. The molecule has 0 aliphatic rings. The Morgan fingerprint density at radius 1 is 1.29 bits per heavy atom. The van der Waals surface area contributed by atoms with Gasteiger partial charge in [-0.25, -0.2) is 9.97 Å². The third-order valence-corrected chi connectivity index (χ3v) is 3.23. The van der Waals surface area contributed by atoms with Gasteiger partial charge in [-0.1, -0.05) is 18.5 Å². The number of hydrogen-bond acceptors (Lipinski definition) is 4. The molecule has 0 aliphatic heterocycles. The molecule has 0 saturated carbocycles. The number of aromatic nitrogens is 2. The Labute approximate surface area is 128 Å². The first-order chi connectivity index (χ1) is 10.1. The first kappa shape index (κ1) is 15.3. The zero-order valence-electron chi connectivity index (χ0n) is 11.9. The minimum absolute atomic E-state index is 0.111. The highest BCUT2D eigenvalue weighted by Gasteiger charge is 2.11. The summed E-state index contributed by atoms with van der Waals surface area (Å²) >= 11 is 5.83. The van der Waals surface area contributed by atoms with Gasteiger partial charge in [0.05, 0.1) is 0 Å². The number of nitrogens with one attached hydrogen (secondary N) is 2. The predicted molar refractivity (Wildman–Crippen MR) is 84.0 cm³/mol. The monoisotopic (exact) mass is 304 g/mol. The van der Waals surface area contributed by atoms with E-state index in [1.165, 1.54) is 0 Å². The molecular weight excluding hydrogens is 288 g/mol. The van der Waals surface area contributed by atoms with Crippen molar-refractivity contribution in [2.24, 2.45) is 0 Å². The van der Waals surface area contributed by atoms with Crippen LogP contribution in [0.15, 0.2) is 36.5 Å². The SMILES string of the molecule is CCC(C)NC(=O)c1ccnc(Nc2ccc(Cl)cc2)n1. The lowest BCUT2D eigenvalue weighted by atomic mass is 10.2. The third-order valence-electron chi connectivity index (χ3n) is 2.98. The summed E-state index contributed by atoms with van der Waals surface area (Å²) < 4.78 is 0. The van der Waals surface area contributed by atoms with Crippen molar-refractivity contribution in [2.75, 3.05) is 5.32 Å². The summed E-state index contributed by atoms with van der Waals surface area (Å²) in [4.78, 5) is 20.3. The van der Waals surface area contributed by atoms with Gasteiger partial charge in [0.2, 0.25) is 5.95 Å². The Hall–Kier alpha value is -2.14. The van der Waals surface area contributed by atoms with E-state index in [2.05, 4.69) is 20.6 Å². The average Bonchev–Trinajstić information content (AvgIpc) is 2.49. The second-order valence-corrected chi connectivity index (χ2v) is 5.12. The summed E-state index contributed by atoms with van der Waals surface area (Å²) in [5.74, 6) is 0.167. The summed E-state index contributed by atoms with van der Waals surface area (Å²) in [6.45, 7) is 3.96. The van der Waals surface area contributed by atoms with Crippen LogP contribution in [-0.2, 0) is 0 Å². The fourth-order valence-electron chi connectivity index (χ4n) is 1.61. The van der Waals surface area contributed by atoms with Crippen LogP contribution in [0, 0.1) is 0 Å². The van der Waals surface area contributed by atoms with Crippen LogP contribution in [0.5, 0.6) is 0 Å². The number of carbonyl (C=O) groups excluding carboxylic acids is 1. The molecule has 0 radical (unpaired) electrons. The van der Waals surface area contributed by atoms with E-state index < -0.39 is 0 Å². The molecule has 2 rings (SSSR count). The van der Waals surface area contributed by atoms with Crippen molar-refractivity contribution in [3.05, 3.63) is 47.2 Å². The van der Waals surface area contributed by atoms with Gasteiger partial charge < -0.3 is 10.6 Å². The number of nitrogens with zero attached hydrogens (tertiary/aromatic N) is 2. The van der Waals surface area contributed by atoms with Gasteiger partial charge >= 0.3 is 0 Å². The Bertz CT molecular complexity index is 615. The number of amides is 1. The summed E-state index contributed by atoms with van der Waals surface area (Å²) in [5, 5.41) is 6.56.